The number of benzene rings is 1. The molecule has 1 aliphatic rings. The number of nitrogens with one attached hydrogen (secondary N) is 1. The van der Waals surface area contributed by atoms with Crippen molar-refractivity contribution in [2.24, 2.45) is 0 Å². The molecule has 4 heteroatoms. The zero-order chi connectivity index (χ0) is 15.1. The van der Waals surface area contributed by atoms with Gasteiger partial charge in [0.1, 0.15) is 0 Å². The molecule has 0 amide bonds. The van der Waals surface area contributed by atoms with Gasteiger partial charge in [0.15, 0.2) is 0 Å². The molecule has 0 aliphatic heterocycles. The fourth-order valence-corrected chi connectivity index (χ4v) is 4.12. The number of aryl methyl sites for hydroxylation is 1. The molecule has 1 aromatic carbocycles. The van der Waals surface area contributed by atoms with Crippen molar-refractivity contribution in [3.8, 4) is 0 Å². The van der Waals surface area contributed by atoms with E-state index in [1.807, 2.05) is 0 Å². The lowest BCUT2D eigenvalue weighted by molar-refractivity contribution is -0.137. The van der Waals surface area contributed by atoms with Crippen LogP contribution in [0.15, 0.2) is 24.3 Å². The number of hydrogen-bond donors (Lipinski definition) is 1. The first-order valence-electron chi connectivity index (χ1n) is 7.75. The number of esters is 1. The van der Waals surface area contributed by atoms with Crippen molar-refractivity contribution in [1.82, 2.24) is 5.32 Å². The van der Waals surface area contributed by atoms with Crippen LogP contribution < -0.4 is 5.32 Å². The molecule has 0 radical (unpaired) electrons. The average Bonchev–Trinajstić information content (AvgIpc) is 2.69. The third-order valence-corrected chi connectivity index (χ3v) is 5.29. The highest BCUT2D eigenvalue weighted by Crippen LogP contribution is 2.35. The van der Waals surface area contributed by atoms with Crippen LogP contribution in [0.5, 0.6) is 0 Å². The van der Waals surface area contributed by atoms with Crippen molar-refractivity contribution in [2.75, 3.05) is 19.4 Å². The van der Waals surface area contributed by atoms with Crippen molar-refractivity contribution >= 4 is 17.7 Å². The highest BCUT2D eigenvalue weighted by molar-refractivity contribution is 8.00. The largest absolute Gasteiger partial charge is 0.468 e. The standard InChI is InChI=1S/C17H25NO2S/c1-3-11-18-17-14-9-5-4-7-13(14)8-6-10-15(17)21-12-16(19)20-2/h4-5,7,9,15,17-18H,3,6,8,10-12H2,1-2H3. The lowest BCUT2D eigenvalue weighted by atomic mass is 9.99. The number of ether oxygens (including phenoxy) is 1. The van der Waals surface area contributed by atoms with Crippen molar-refractivity contribution in [2.45, 2.75) is 43.9 Å². The number of methoxy groups -OCH3 is 1. The number of hydrogen-bond acceptors (Lipinski definition) is 4. The van der Waals surface area contributed by atoms with Gasteiger partial charge in [0, 0.05) is 11.3 Å². The molecule has 21 heavy (non-hydrogen) atoms. The van der Waals surface area contributed by atoms with Crippen LogP contribution in [0.3, 0.4) is 0 Å². The van der Waals surface area contributed by atoms with E-state index >= 15 is 0 Å². The topological polar surface area (TPSA) is 38.3 Å². The third-order valence-electron chi connectivity index (χ3n) is 3.95. The lowest BCUT2D eigenvalue weighted by Crippen LogP contribution is -2.31. The van der Waals surface area contributed by atoms with E-state index in [0.717, 1.165) is 25.8 Å². The first kappa shape index (κ1) is 16.4. The Bertz CT molecular complexity index is 464. The Hall–Kier alpha value is -1.00. The Kier molecular flexibility index (Phi) is 6.58. The van der Waals surface area contributed by atoms with E-state index in [0.29, 0.717) is 17.0 Å². The predicted molar refractivity (Wildman–Crippen MR) is 88.7 cm³/mol. The van der Waals surface area contributed by atoms with Crippen molar-refractivity contribution < 1.29 is 9.53 Å². The Morgan fingerprint density at radius 2 is 2.24 bits per heavy atom. The SMILES string of the molecule is CCCNC1c2ccccc2CCCC1SCC(=O)OC. The van der Waals surface area contributed by atoms with Gasteiger partial charge in [-0.1, -0.05) is 31.2 Å². The zero-order valence-corrected chi connectivity index (χ0v) is 13.7. The molecule has 1 aliphatic carbocycles. The van der Waals surface area contributed by atoms with E-state index in [9.17, 15) is 4.79 Å². The Labute approximate surface area is 131 Å². The molecule has 0 spiro atoms. The molecule has 0 saturated heterocycles. The summed E-state index contributed by atoms with van der Waals surface area (Å²) in [6.45, 7) is 3.19. The van der Waals surface area contributed by atoms with Crippen LogP contribution in [0.4, 0.5) is 0 Å². The minimum atomic E-state index is -0.133. The quantitative estimate of drug-likeness (QED) is 0.646. The highest BCUT2D eigenvalue weighted by Gasteiger charge is 2.28. The van der Waals surface area contributed by atoms with Gasteiger partial charge in [0.25, 0.3) is 0 Å². The fourth-order valence-electron chi connectivity index (χ4n) is 2.88. The lowest BCUT2D eigenvalue weighted by Gasteiger charge is -2.27. The zero-order valence-electron chi connectivity index (χ0n) is 12.9. The summed E-state index contributed by atoms with van der Waals surface area (Å²) in [7, 11) is 1.46. The fraction of sp³-hybridized carbons (Fsp3) is 0.588. The highest BCUT2D eigenvalue weighted by atomic mass is 32.2. The van der Waals surface area contributed by atoms with E-state index in [-0.39, 0.29) is 5.97 Å². The van der Waals surface area contributed by atoms with E-state index < -0.39 is 0 Å². The molecule has 2 unspecified atom stereocenters. The monoisotopic (exact) mass is 307 g/mol. The second-order valence-electron chi connectivity index (χ2n) is 5.45. The molecule has 0 fully saturated rings. The molecule has 0 saturated carbocycles. The summed E-state index contributed by atoms with van der Waals surface area (Å²) >= 11 is 1.73. The molecule has 3 nitrogen and oxygen atoms in total. The van der Waals surface area contributed by atoms with E-state index in [4.69, 9.17) is 4.74 Å². The summed E-state index contributed by atoms with van der Waals surface area (Å²) < 4.78 is 4.78. The molecule has 0 heterocycles. The molecule has 0 bridgehead atoms. The molecule has 2 atom stereocenters. The number of carbonyl (C=O) groups is 1. The second kappa shape index (κ2) is 8.44. The van der Waals surface area contributed by atoms with E-state index in [1.54, 1.807) is 11.8 Å². The van der Waals surface area contributed by atoms with Crippen molar-refractivity contribution in [3.05, 3.63) is 35.4 Å². The number of rotatable bonds is 6. The Balaban J connectivity index is 2.15. The van der Waals surface area contributed by atoms with Gasteiger partial charge in [0.05, 0.1) is 12.9 Å². The van der Waals surface area contributed by atoms with Crippen LogP contribution in [-0.4, -0.2) is 30.6 Å². The van der Waals surface area contributed by atoms with Crippen molar-refractivity contribution in [3.63, 3.8) is 0 Å². The van der Waals surface area contributed by atoms with Gasteiger partial charge < -0.3 is 10.1 Å². The molecular weight excluding hydrogens is 282 g/mol. The first-order valence-corrected chi connectivity index (χ1v) is 8.80. The summed E-state index contributed by atoms with van der Waals surface area (Å²) in [6.07, 6.45) is 4.57. The summed E-state index contributed by atoms with van der Waals surface area (Å²) in [6, 6.07) is 9.05. The maximum Gasteiger partial charge on any atom is 0.315 e. The third kappa shape index (κ3) is 4.48. The molecular formula is C17H25NO2S. The summed E-state index contributed by atoms with van der Waals surface area (Å²) in [5.41, 5.74) is 2.86. The van der Waals surface area contributed by atoms with Crippen LogP contribution >= 0.6 is 11.8 Å². The normalized spacial score (nSPS) is 21.4. The van der Waals surface area contributed by atoms with Crippen LogP contribution in [-0.2, 0) is 16.0 Å². The van der Waals surface area contributed by atoms with Crippen LogP contribution in [0.25, 0.3) is 0 Å². The van der Waals surface area contributed by atoms with Gasteiger partial charge in [0.2, 0.25) is 0 Å². The van der Waals surface area contributed by atoms with Crippen LogP contribution in [0, 0.1) is 0 Å². The number of thioether (sulfide) groups is 1. The van der Waals surface area contributed by atoms with Gasteiger partial charge in [-0.05, 0) is 43.4 Å². The van der Waals surface area contributed by atoms with Crippen LogP contribution in [0.1, 0.15) is 43.4 Å². The van der Waals surface area contributed by atoms with Crippen LogP contribution in [0.2, 0.25) is 0 Å². The minimum Gasteiger partial charge on any atom is -0.468 e. The first-order chi connectivity index (χ1) is 10.3. The minimum absolute atomic E-state index is 0.133. The maximum absolute atomic E-state index is 11.4. The number of carbonyl (C=O) groups excluding carboxylic acids is 1. The summed E-state index contributed by atoms with van der Waals surface area (Å²) in [4.78, 5) is 11.4. The van der Waals surface area contributed by atoms with Gasteiger partial charge in [-0.2, -0.15) is 0 Å². The maximum atomic E-state index is 11.4. The van der Waals surface area contributed by atoms with Crippen molar-refractivity contribution in [1.29, 1.82) is 0 Å². The average molecular weight is 307 g/mol. The number of fused-ring (bicyclic) bond motifs is 1. The molecule has 1 aromatic rings. The van der Waals surface area contributed by atoms with E-state index in [1.165, 1.54) is 24.7 Å². The predicted octanol–water partition coefficient (Wildman–Crippen LogP) is 3.34. The van der Waals surface area contributed by atoms with Gasteiger partial charge in [-0.3, -0.25) is 4.79 Å². The van der Waals surface area contributed by atoms with E-state index in [2.05, 4.69) is 36.5 Å². The van der Waals surface area contributed by atoms with Gasteiger partial charge in [-0.15, -0.1) is 11.8 Å². The summed E-state index contributed by atoms with van der Waals surface area (Å²) in [5.74, 6) is 0.306. The molecule has 0 aromatic heterocycles. The Morgan fingerprint density at radius 1 is 1.43 bits per heavy atom. The molecule has 116 valence electrons. The summed E-state index contributed by atoms with van der Waals surface area (Å²) in [5, 5.41) is 4.12. The van der Waals surface area contributed by atoms with Gasteiger partial charge >= 0.3 is 5.97 Å². The molecule has 2 rings (SSSR count). The van der Waals surface area contributed by atoms with Gasteiger partial charge in [-0.25, -0.2) is 0 Å². The molecule has 1 N–H and O–H groups in total. The second-order valence-corrected chi connectivity index (χ2v) is 6.68. The smallest absolute Gasteiger partial charge is 0.315 e. The Morgan fingerprint density at radius 3 is 3.00 bits per heavy atom.